The minimum Gasteiger partial charge on any atom is -0.470 e. The normalized spacial score (nSPS) is 20.0. The van der Waals surface area contributed by atoms with Crippen LogP contribution in [0.25, 0.3) is 0 Å². The number of ketones is 1. The fourth-order valence-electron chi connectivity index (χ4n) is 3.12. The highest BCUT2D eigenvalue weighted by Crippen LogP contribution is 2.21. The predicted octanol–water partition coefficient (Wildman–Crippen LogP) is 1.85. The van der Waals surface area contributed by atoms with Gasteiger partial charge in [-0.15, -0.1) is 0 Å². The van der Waals surface area contributed by atoms with E-state index in [9.17, 15) is 14.4 Å². The summed E-state index contributed by atoms with van der Waals surface area (Å²) in [5.74, 6) is -1.49. The van der Waals surface area contributed by atoms with E-state index in [1.54, 1.807) is 17.0 Å². The van der Waals surface area contributed by atoms with Crippen LogP contribution in [0.2, 0.25) is 0 Å². The Kier molecular flexibility index (Phi) is 5.55. The lowest BCUT2D eigenvalue weighted by atomic mass is 10.0. The van der Waals surface area contributed by atoms with Gasteiger partial charge in [0.1, 0.15) is 0 Å². The number of nitrogens with one attached hydrogen (secondary N) is 1. The summed E-state index contributed by atoms with van der Waals surface area (Å²) in [6, 6.07) is 9.18. The largest absolute Gasteiger partial charge is 0.470 e. The van der Waals surface area contributed by atoms with E-state index in [0.29, 0.717) is 12.2 Å². The molecule has 2 heterocycles. The number of esters is 1. The molecule has 0 unspecified atom stereocenters. The maximum Gasteiger partial charge on any atom is 0.347 e. The van der Waals surface area contributed by atoms with E-state index < -0.39 is 11.8 Å². The molecule has 2 aliphatic rings. The van der Waals surface area contributed by atoms with Crippen molar-refractivity contribution in [1.82, 2.24) is 4.90 Å². The first-order chi connectivity index (χ1) is 12.6. The number of piperidine rings is 1. The summed E-state index contributed by atoms with van der Waals surface area (Å²) >= 11 is 0. The number of ether oxygens (including phenoxy) is 2. The molecule has 138 valence electrons. The third-order valence-electron chi connectivity index (χ3n) is 4.54. The van der Waals surface area contributed by atoms with Gasteiger partial charge in [0.05, 0.1) is 0 Å². The van der Waals surface area contributed by atoms with Gasteiger partial charge in [-0.3, -0.25) is 9.59 Å². The van der Waals surface area contributed by atoms with Crippen molar-refractivity contribution in [3.63, 3.8) is 0 Å². The molecule has 3 rings (SSSR count). The zero-order valence-electron chi connectivity index (χ0n) is 14.7. The molecule has 1 aromatic carbocycles. The van der Waals surface area contributed by atoms with E-state index in [1.807, 2.05) is 25.1 Å². The summed E-state index contributed by atoms with van der Waals surface area (Å²) in [4.78, 5) is 38.3. The van der Waals surface area contributed by atoms with E-state index in [1.165, 1.54) is 0 Å². The third kappa shape index (κ3) is 4.04. The maximum atomic E-state index is 12.3. The molecule has 0 saturated carbocycles. The Morgan fingerprint density at radius 2 is 2.04 bits per heavy atom. The number of benzene rings is 1. The Labute approximate surface area is 151 Å². The number of amides is 1. The van der Waals surface area contributed by atoms with E-state index in [0.717, 1.165) is 19.3 Å². The van der Waals surface area contributed by atoms with Gasteiger partial charge in [-0.2, -0.15) is 0 Å². The van der Waals surface area contributed by atoms with Crippen LogP contribution in [0.3, 0.4) is 0 Å². The van der Waals surface area contributed by atoms with E-state index >= 15 is 0 Å². The molecule has 0 bridgehead atoms. The van der Waals surface area contributed by atoms with Crippen LogP contribution in [0.5, 0.6) is 0 Å². The highest BCUT2D eigenvalue weighted by molar-refractivity contribution is 6.20. The second-order valence-corrected chi connectivity index (χ2v) is 6.42. The summed E-state index contributed by atoms with van der Waals surface area (Å²) in [6.45, 7) is 2.05. The van der Waals surface area contributed by atoms with Crippen LogP contribution in [0.4, 0.5) is 5.69 Å². The van der Waals surface area contributed by atoms with Crippen LogP contribution < -0.4 is 5.32 Å². The topological polar surface area (TPSA) is 84.9 Å². The molecular formula is C19H22N2O5. The van der Waals surface area contributed by atoms with Crippen molar-refractivity contribution >= 4 is 23.3 Å². The fourth-order valence-corrected chi connectivity index (χ4v) is 3.12. The van der Waals surface area contributed by atoms with Crippen molar-refractivity contribution in [1.29, 1.82) is 0 Å². The van der Waals surface area contributed by atoms with Gasteiger partial charge in [0.15, 0.2) is 18.8 Å². The second-order valence-electron chi connectivity index (χ2n) is 6.42. The number of rotatable bonds is 5. The standard InChI is InChI=1S/C19H22N2O5/c1-13-7-5-6-10-21(13)16(23)12-26-19(24)17-15(22)11-25-18(17)20-14-8-3-2-4-9-14/h2-4,8-9,13,20H,5-7,10-12H2,1H3/t13-/m1/s1. The van der Waals surface area contributed by atoms with Crippen molar-refractivity contribution in [2.45, 2.75) is 32.2 Å². The average molecular weight is 358 g/mol. The smallest absolute Gasteiger partial charge is 0.347 e. The SMILES string of the molecule is C[C@@H]1CCCCN1C(=O)COC(=O)C1=C(Nc2ccccc2)OCC1=O. The zero-order valence-corrected chi connectivity index (χ0v) is 14.7. The van der Waals surface area contributed by atoms with Gasteiger partial charge in [-0.05, 0) is 38.3 Å². The first-order valence-corrected chi connectivity index (χ1v) is 8.75. The maximum absolute atomic E-state index is 12.3. The Hall–Kier alpha value is -2.83. The number of anilines is 1. The first-order valence-electron chi connectivity index (χ1n) is 8.75. The zero-order chi connectivity index (χ0) is 18.5. The summed E-state index contributed by atoms with van der Waals surface area (Å²) in [6.07, 6.45) is 2.99. The van der Waals surface area contributed by atoms with Crippen LogP contribution in [0.15, 0.2) is 41.8 Å². The summed E-state index contributed by atoms with van der Waals surface area (Å²) in [5, 5.41) is 2.90. The molecule has 1 aromatic rings. The molecule has 0 spiro atoms. The summed E-state index contributed by atoms with van der Waals surface area (Å²) in [5.41, 5.74) is 0.495. The highest BCUT2D eigenvalue weighted by atomic mass is 16.5. The van der Waals surface area contributed by atoms with Crippen molar-refractivity contribution in [2.75, 3.05) is 25.1 Å². The molecule has 0 aromatic heterocycles. The predicted molar refractivity (Wildman–Crippen MR) is 94.0 cm³/mol. The van der Waals surface area contributed by atoms with Crippen LogP contribution >= 0.6 is 0 Å². The summed E-state index contributed by atoms with van der Waals surface area (Å²) < 4.78 is 10.4. The average Bonchev–Trinajstić information content (AvgIpc) is 3.01. The first kappa shape index (κ1) is 18.0. The molecule has 1 N–H and O–H groups in total. The highest BCUT2D eigenvalue weighted by Gasteiger charge is 2.33. The molecule has 1 fully saturated rings. The van der Waals surface area contributed by atoms with Crippen molar-refractivity contribution in [3.8, 4) is 0 Å². The molecule has 0 aliphatic carbocycles. The van der Waals surface area contributed by atoms with Gasteiger partial charge in [0, 0.05) is 18.3 Å². The minimum absolute atomic E-state index is 0.0602. The molecule has 7 heteroatoms. The lowest BCUT2D eigenvalue weighted by molar-refractivity contribution is -0.151. The molecule has 2 aliphatic heterocycles. The van der Waals surface area contributed by atoms with Gasteiger partial charge in [0.25, 0.3) is 5.91 Å². The minimum atomic E-state index is -0.844. The second kappa shape index (κ2) is 8.03. The van der Waals surface area contributed by atoms with Gasteiger partial charge < -0.3 is 19.7 Å². The Balaban J connectivity index is 1.64. The van der Waals surface area contributed by atoms with Crippen LogP contribution in [0, 0.1) is 0 Å². The molecule has 26 heavy (non-hydrogen) atoms. The lowest BCUT2D eigenvalue weighted by Gasteiger charge is -2.33. The van der Waals surface area contributed by atoms with Crippen LogP contribution in [-0.4, -0.2) is 48.4 Å². The fraction of sp³-hybridized carbons (Fsp3) is 0.421. The monoisotopic (exact) mass is 358 g/mol. The molecule has 7 nitrogen and oxygen atoms in total. The van der Waals surface area contributed by atoms with Crippen molar-refractivity contribution in [2.24, 2.45) is 0 Å². The third-order valence-corrected chi connectivity index (χ3v) is 4.54. The number of nitrogens with zero attached hydrogens (tertiary/aromatic N) is 1. The number of para-hydroxylation sites is 1. The Bertz CT molecular complexity index is 729. The summed E-state index contributed by atoms with van der Waals surface area (Å²) in [7, 11) is 0. The number of carbonyl (C=O) groups excluding carboxylic acids is 3. The molecule has 0 radical (unpaired) electrons. The number of hydrogen-bond donors (Lipinski definition) is 1. The molecular weight excluding hydrogens is 336 g/mol. The van der Waals surface area contributed by atoms with Gasteiger partial charge in [0.2, 0.25) is 11.7 Å². The van der Waals surface area contributed by atoms with E-state index in [2.05, 4.69) is 5.32 Å². The number of carbonyl (C=O) groups is 3. The lowest BCUT2D eigenvalue weighted by Crippen LogP contribution is -2.44. The Morgan fingerprint density at radius 3 is 2.77 bits per heavy atom. The Morgan fingerprint density at radius 1 is 1.27 bits per heavy atom. The molecule has 1 saturated heterocycles. The van der Waals surface area contributed by atoms with E-state index in [4.69, 9.17) is 9.47 Å². The number of hydrogen-bond acceptors (Lipinski definition) is 6. The van der Waals surface area contributed by atoms with E-state index in [-0.39, 0.29) is 36.6 Å². The van der Waals surface area contributed by atoms with Crippen molar-refractivity contribution in [3.05, 3.63) is 41.8 Å². The molecule has 1 amide bonds. The van der Waals surface area contributed by atoms with Gasteiger partial charge in [-0.25, -0.2) is 4.79 Å². The van der Waals surface area contributed by atoms with Crippen molar-refractivity contribution < 1.29 is 23.9 Å². The van der Waals surface area contributed by atoms with Crippen LogP contribution in [-0.2, 0) is 23.9 Å². The van der Waals surface area contributed by atoms with Gasteiger partial charge >= 0.3 is 5.97 Å². The number of likely N-dealkylation sites (tertiary alicyclic amines) is 1. The van der Waals surface area contributed by atoms with Gasteiger partial charge in [-0.1, -0.05) is 18.2 Å². The quantitative estimate of drug-likeness (QED) is 0.639. The number of Topliss-reactive ketones (excluding diaryl/α,β-unsaturated/α-hetero) is 1. The molecule has 1 atom stereocenters. The van der Waals surface area contributed by atoms with Crippen LogP contribution in [0.1, 0.15) is 26.2 Å².